The average molecular weight is 483 g/mol. The molecule has 0 radical (unpaired) electrons. The summed E-state index contributed by atoms with van der Waals surface area (Å²) < 4.78 is 4.65. The first-order chi connectivity index (χ1) is 16.4. The van der Waals surface area contributed by atoms with Crippen LogP contribution in [-0.4, -0.2) is 63.1 Å². The van der Waals surface area contributed by atoms with Crippen LogP contribution in [0.15, 0.2) is 42.5 Å². The standard InChI is InChI=1S/C26H30N2O5S/c1-3-18(14-29)28-22(23(30)27-17-10-9-15-7-5-6-8-16(15)13-17)26-12-11-19(34-26)20(21(26)24(28)31)25(32)33-4-2/h5-10,13,18-22,29H,3-4,11-12,14H2,1-2H3,(H,27,30)/t18-,19+,20-,21-,22?,26?/m0/s1. The molecule has 5 rings (SSSR count). The van der Waals surface area contributed by atoms with E-state index in [0.717, 1.165) is 17.2 Å². The Morgan fingerprint density at radius 2 is 2.00 bits per heavy atom. The molecule has 0 saturated carbocycles. The molecule has 2 bridgehead atoms. The van der Waals surface area contributed by atoms with Crippen LogP contribution in [0.4, 0.5) is 5.69 Å². The van der Waals surface area contributed by atoms with Crippen LogP contribution < -0.4 is 5.32 Å². The maximum Gasteiger partial charge on any atom is 0.310 e. The van der Waals surface area contributed by atoms with Crippen LogP contribution in [0.1, 0.15) is 33.1 Å². The number of amides is 2. The molecule has 3 saturated heterocycles. The van der Waals surface area contributed by atoms with Crippen LogP contribution in [0.5, 0.6) is 0 Å². The fourth-order valence-corrected chi connectivity index (χ4v) is 8.38. The molecule has 3 heterocycles. The van der Waals surface area contributed by atoms with Gasteiger partial charge in [-0.05, 0) is 49.1 Å². The van der Waals surface area contributed by atoms with Crippen LogP contribution in [0.3, 0.4) is 0 Å². The van der Waals surface area contributed by atoms with Crippen LogP contribution in [0.2, 0.25) is 0 Å². The highest BCUT2D eigenvalue weighted by atomic mass is 32.2. The number of anilines is 1. The van der Waals surface area contributed by atoms with Gasteiger partial charge in [0.25, 0.3) is 0 Å². The van der Waals surface area contributed by atoms with Gasteiger partial charge >= 0.3 is 5.97 Å². The number of nitrogens with zero attached hydrogens (tertiary/aromatic N) is 1. The number of carbonyl (C=O) groups is 3. The Morgan fingerprint density at radius 1 is 1.24 bits per heavy atom. The maximum atomic E-state index is 13.9. The molecule has 8 heteroatoms. The zero-order valence-electron chi connectivity index (χ0n) is 19.4. The van der Waals surface area contributed by atoms with Crippen molar-refractivity contribution in [1.82, 2.24) is 4.90 Å². The lowest BCUT2D eigenvalue weighted by molar-refractivity contribution is -0.154. The summed E-state index contributed by atoms with van der Waals surface area (Å²) in [5.41, 5.74) is 0.660. The Morgan fingerprint density at radius 3 is 2.71 bits per heavy atom. The number of fused-ring (bicyclic) bond motifs is 2. The number of nitrogens with one attached hydrogen (secondary N) is 1. The summed E-state index contributed by atoms with van der Waals surface area (Å²) in [6.45, 7) is 3.68. The third-order valence-corrected chi connectivity index (χ3v) is 9.59. The van der Waals surface area contributed by atoms with E-state index in [1.54, 1.807) is 23.6 Å². The number of rotatable bonds is 7. The lowest BCUT2D eigenvalue weighted by atomic mass is 9.71. The van der Waals surface area contributed by atoms with Crippen molar-refractivity contribution in [2.75, 3.05) is 18.5 Å². The van der Waals surface area contributed by atoms with E-state index in [4.69, 9.17) is 4.74 Å². The smallest absolute Gasteiger partial charge is 0.310 e. The Balaban J connectivity index is 1.52. The van der Waals surface area contributed by atoms with Crippen molar-refractivity contribution in [1.29, 1.82) is 0 Å². The van der Waals surface area contributed by atoms with Gasteiger partial charge in [0, 0.05) is 10.9 Å². The van der Waals surface area contributed by atoms with Gasteiger partial charge in [-0.25, -0.2) is 0 Å². The van der Waals surface area contributed by atoms with Crippen molar-refractivity contribution in [3.8, 4) is 0 Å². The third kappa shape index (κ3) is 3.41. The van der Waals surface area contributed by atoms with Gasteiger partial charge in [-0.2, -0.15) is 0 Å². The van der Waals surface area contributed by atoms with E-state index in [-0.39, 0.29) is 36.2 Å². The van der Waals surface area contributed by atoms with Crippen molar-refractivity contribution in [3.63, 3.8) is 0 Å². The molecule has 3 aliphatic heterocycles. The maximum absolute atomic E-state index is 13.9. The molecular formula is C26H30N2O5S. The van der Waals surface area contributed by atoms with Crippen molar-refractivity contribution in [3.05, 3.63) is 42.5 Å². The van der Waals surface area contributed by atoms with Gasteiger partial charge in [-0.3, -0.25) is 14.4 Å². The van der Waals surface area contributed by atoms with Crippen LogP contribution in [0.25, 0.3) is 10.8 Å². The Bertz CT molecular complexity index is 1140. The van der Waals surface area contributed by atoms with Crippen molar-refractivity contribution in [2.24, 2.45) is 11.8 Å². The second kappa shape index (κ2) is 8.89. The number of esters is 1. The van der Waals surface area contributed by atoms with Crippen molar-refractivity contribution >= 4 is 46.0 Å². The normalized spacial score (nSPS) is 30.4. The van der Waals surface area contributed by atoms with E-state index < -0.39 is 28.7 Å². The van der Waals surface area contributed by atoms with Crippen LogP contribution >= 0.6 is 11.8 Å². The summed E-state index contributed by atoms with van der Waals surface area (Å²) in [5, 5.41) is 15.2. The predicted octanol–water partition coefficient (Wildman–Crippen LogP) is 3.20. The number of hydrogen-bond acceptors (Lipinski definition) is 6. The highest BCUT2D eigenvalue weighted by Gasteiger charge is 2.74. The summed E-state index contributed by atoms with van der Waals surface area (Å²) in [7, 11) is 0. The molecule has 0 aliphatic carbocycles. The molecule has 6 atom stereocenters. The number of ether oxygens (including phenoxy) is 1. The summed E-state index contributed by atoms with van der Waals surface area (Å²) >= 11 is 1.60. The van der Waals surface area contributed by atoms with Crippen LogP contribution in [-0.2, 0) is 19.1 Å². The molecule has 180 valence electrons. The molecule has 2 aromatic carbocycles. The third-order valence-electron chi connectivity index (χ3n) is 7.64. The molecule has 2 aromatic rings. The molecule has 2 unspecified atom stereocenters. The lowest BCUT2D eigenvalue weighted by Crippen LogP contribution is -2.54. The van der Waals surface area contributed by atoms with Gasteiger partial charge in [0.05, 0.1) is 35.8 Å². The largest absolute Gasteiger partial charge is 0.466 e. The number of likely N-dealkylation sites (tertiary alicyclic amines) is 1. The molecule has 2 N–H and O–H groups in total. The second-order valence-electron chi connectivity index (χ2n) is 9.35. The molecule has 34 heavy (non-hydrogen) atoms. The van der Waals surface area contributed by atoms with Gasteiger partial charge in [0.15, 0.2) is 0 Å². The van der Waals surface area contributed by atoms with Gasteiger partial charge in [-0.15, -0.1) is 11.8 Å². The van der Waals surface area contributed by atoms with Crippen LogP contribution in [0, 0.1) is 11.8 Å². The van der Waals surface area contributed by atoms with E-state index in [0.29, 0.717) is 18.5 Å². The fourth-order valence-electron chi connectivity index (χ4n) is 6.18. The number of carbonyl (C=O) groups excluding carboxylic acids is 3. The molecular weight excluding hydrogens is 452 g/mol. The lowest BCUT2D eigenvalue weighted by Gasteiger charge is -2.36. The number of aliphatic hydroxyl groups is 1. The highest BCUT2D eigenvalue weighted by Crippen LogP contribution is 2.66. The summed E-state index contributed by atoms with van der Waals surface area (Å²) in [6, 6.07) is 12.4. The zero-order chi connectivity index (χ0) is 24.0. The number of benzene rings is 2. The summed E-state index contributed by atoms with van der Waals surface area (Å²) in [5.74, 6) is -2.00. The Hall–Kier alpha value is -2.58. The topological polar surface area (TPSA) is 95.9 Å². The summed E-state index contributed by atoms with van der Waals surface area (Å²) in [6.07, 6.45) is 1.97. The Labute approximate surface area is 203 Å². The van der Waals surface area contributed by atoms with E-state index in [2.05, 4.69) is 5.32 Å². The second-order valence-corrected chi connectivity index (χ2v) is 11.0. The quantitative estimate of drug-likeness (QED) is 0.589. The number of thioether (sulfide) groups is 1. The van der Waals surface area contributed by atoms with E-state index in [1.165, 1.54) is 0 Å². The minimum atomic E-state index is -0.761. The first-order valence-corrected chi connectivity index (χ1v) is 12.9. The van der Waals surface area contributed by atoms with E-state index in [9.17, 15) is 19.5 Å². The number of aliphatic hydroxyl groups excluding tert-OH is 1. The van der Waals surface area contributed by atoms with Gasteiger partial charge in [0.2, 0.25) is 11.8 Å². The molecule has 2 amide bonds. The Kier molecular flexibility index (Phi) is 6.06. The first-order valence-electron chi connectivity index (χ1n) is 12.0. The van der Waals surface area contributed by atoms with E-state index in [1.807, 2.05) is 49.4 Å². The first kappa shape index (κ1) is 23.2. The van der Waals surface area contributed by atoms with Crippen molar-refractivity contribution < 1.29 is 24.2 Å². The van der Waals surface area contributed by atoms with Gasteiger partial charge in [0.1, 0.15) is 6.04 Å². The molecule has 3 fully saturated rings. The van der Waals surface area contributed by atoms with Crippen molar-refractivity contribution in [2.45, 2.75) is 55.2 Å². The predicted molar refractivity (Wildman–Crippen MR) is 131 cm³/mol. The molecule has 0 aromatic heterocycles. The zero-order valence-corrected chi connectivity index (χ0v) is 20.2. The fraction of sp³-hybridized carbons (Fsp3) is 0.500. The summed E-state index contributed by atoms with van der Waals surface area (Å²) in [4.78, 5) is 42.1. The molecule has 3 aliphatic rings. The van der Waals surface area contributed by atoms with Gasteiger partial charge in [-0.1, -0.05) is 37.3 Å². The van der Waals surface area contributed by atoms with Gasteiger partial charge < -0.3 is 20.1 Å². The van der Waals surface area contributed by atoms with E-state index >= 15 is 0 Å². The number of hydrogen-bond donors (Lipinski definition) is 2. The average Bonchev–Trinajstić information content (AvgIpc) is 3.48. The minimum Gasteiger partial charge on any atom is -0.466 e. The molecule has 1 spiro atoms. The molecule has 7 nitrogen and oxygen atoms in total. The monoisotopic (exact) mass is 482 g/mol. The minimum absolute atomic E-state index is 0.0275. The highest BCUT2D eigenvalue weighted by molar-refractivity contribution is 8.02. The SMILES string of the molecule is CCOC(=O)[C@@H]1[C@H]2C(=O)N([C@@H](CC)CO)C(C(=O)Nc3ccc4ccccc4c3)C23CC[C@H]1S3.